The Morgan fingerprint density at radius 2 is 1.97 bits per heavy atom. The number of methoxy groups -OCH3 is 1. The third kappa shape index (κ3) is 4.65. The molecule has 1 aromatic carbocycles. The molecular formula is C22H19Cl2F3N6O2. The van der Waals surface area contributed by atoms with Gasteiger partial charge in [0, 0.05) is 19.2 Å². The van der Waals surface area contributed by atoms with Crippen LogP contribution in [0, 0.1) is 0 Å². The van der Waals surface area contributed by atoms with Crippen LogP contribution in [0.2, 0.25) is 10.0 Å². The molecule has 0 aliphatic carbocycles. The minimum absolute atomic E-state index is 0.00323. The molecule has 8 nitrogen and oxygen atoms in total. The van der Waals surface area contributed by atoms with Crippen LogP contribution >= 0.6 is 23.2 Å². The molecule has 0 unspecified atom stereocenters. The van der Waals surface area contributed by atoms with E-state index in [1.54, 1.807) is 28.9 Å². The summed E-state index contributed by atoms with van der Waals surface area (Å²) in [4.78, 5) is 18.7. The quantitative estimate of drug-likeness (QED) is 0.344. The zero-order chi connectivity index (χ0) is 25.5. The molecule has 0 aliphatic rings. The van der Waals surface area contributed by atoms with Crippen molar-refractivity contribution in [2.24, 2.45) is 0 Å². The van der Waals surface area contributed by atoms with Crippen molar-refractivity contribution < 1.29 is 22.7 Å². The van der Waals surface area contributed by atoms with Crippen molar-refractivity contribution in [2.45, 2.75) is 26.2 Å². The topological polar surface area (TPSA) is 77.6 Å². The highest BCUT2D eigenvalue weighted by Crippen LogP contribution is 2.35. The molecule has 3 aromatic heterocycles. The first-order valence-corrected chi connectivity index (χ1v) is 11.1. The van der Waals surface area contributed by atoms with E-state index in [1.165, 1.54) is 25.3 Å². The average molecular weight is 527 g/mol. The van der Waals surface area contributed by atoms with Gasteiger partial charge in [-0.3, -0.25) is 9.48 Å². The van der Waals surface area contributed by atoms with Crippen LogP contribution in [-0.4, -0.2) is 49.3 Å². The Balaban J connectivity index is 1.80. The summed E-state index contributed by atoms with van der Waals surface area (Å²) < 4.78 is 49.2. The lowest BCUT2D eigenvalue weighted by Crippen LogP contribution is -2.28. The first kappa shape index (κ1) is 24.8. The van der Waals surface area contributed by atoms with Gasteiger partial charge in [-0.2, -0.15) is 23.4 Å². The summed E-state index contributed by atoms with van der Waals surface area (Å²) in [6.45, 7) is 2.42. The average Bonchev–Trinajstić information content (AvgIpc) is 3.36. The lowest BCUT2D eigenvalue weighted by molar-refractivity contribution is -0.142. The summed E-state index contributed by atoms with van der Waals surface area (Å²) in [6.07, 6.45) is -3.34. The second-order valence-corrected chi connectivity index (χ2v) is 8.36. The molecule has 35 heavy (non-hydrogen) atoms. The van der Waals surface area contributed by atoms with Crippen LogP contribution in [0.5, 0.6) is 5.75 Å². The fraction of sp³-hybridized carbons (Fsp3) is 0.273. The fourth-order valence-corrected chi connectivity index (χ4v) is 4.00. The summed E-state index contributed by atoms with van der Waals surface area (Å²) in [5, 5.41) is 8.07. The molecule has 0 atom stereocenters. The Bertz CT molecular complexity index is 1420. The Morgan fingerprint density at radius 1 is 1.23 bits per heavy atom. The molecule has 0 spiro atoms. The highest BCUT2D eigenvalue weighted by molar-refractivity contribution is 6.36. The number of amides is 1. The molecule has 0 saturated carbocycles. The Labute approximate surface area is 207 Å². The molecule has 184 valence electrons. The number of halogens is 5. The predicted octanol–water partition coefficient (Wildman–Crippen LogP) is 5.22. The van der Waals surface area contributed by atoms with Crippen LogP contribution in [0.3, 0.4) is 0 Å². The van der Waals surface area contributed by atoms with Crippen molar-refractivity contribution in [3.8, 4) is 17.0 Å². The fourth-order valence-electron chi connectivity index (χ4n) is 3.56. The van der Waals surface area contributed by atoms with Crippen LogP contribution in [0.25, 0.3) is 16.9 Å². The monoisotopic (exact) mass is 526 g/mol. The lowest BCUT2D eigenvalue weighted by Gasteiger charge is -2.17. The molecule has 0 fully saturated rings. The number of aryl methyl sites for hydroxylation is 1. The van der Waals surface area contributed by atoms with Crippen LogP contribution in [0.1, 0.15) is 28.8 Å². The zero-order valence-corrected chi connectivity index (χ0v) is 20.3. The van der Waals surface area contributed by atoms with Crippen molar-refractivity contribution >= 4 is 34.8 Å². The van der Waals surface area contributed by atoms with Crippen molar-refractivity contribution in [1.82, 2.24) is 29.3 Å². The van der Waals surface area contributed by atoms with Gasteiger partial charge in [0.05, 0.1) is 36.3 Å². The third-order valence-electron chi connectivity index (χ3n) is 5.32. The van der Waals surface area contributed by atoms with Crippen LogP contribution in [0.15, 0.2) is 36.5 Å². The maximum Gasteiger partial charge on any atom is 0.433 e. The summed E-state index contributed by atoms with van der Waals surface area (Å²) in [5.41, 5.74) is -0.852. The standard InChI is InChI=1S/C22H19Cl2F3N6O2/c1-4-32-16(14(23)10-28-32)11-31(2)21(34)19-18(24)20-29-15(12-6-5-7-13(8-12)35-3)9-17(22(25,26)27)33(20)30-19/h5-10H,4,11H2,1-3H3. The second kappa shape index (κ2) is 9.38. The number of carbonyl (C=O) groups excluding carboxylic acids is 1. The van der Waals surface area contributed by atoms with E-state index in [1.807, 2.05) is 6.92 Å². The van der Waals surface area contributed by atoms with E-state index in [2.05, 4.69) is 15.2 Å². The number of aromatic nitrogens is 5. The molecule has 13 heteroatoms. The number of nitrogens with zero attached hydrogens (tertiary/aromatic N) is 6. The van der Waals surface area contributed by atoms with Gasteiger partial charge in [-0.05, 0) is 25.1 Å². The number of ether oxygens (including phenoxy) is 1. The third-order valence-corrected chi connectivity index (χ3v) is 5.99. The van der Waals surface area contributed by atoms with Gasteiger partial charge in [-0.1, -0.05) is 35.3 Å². The Kier molecular flexibility index (Phi) is 6.65. The number of benzene rings is 1. The predicted molar refractivity (Wildman–Crippen MR) is 124 cm³/mol. The molecule has 4 rings (SSSR count). The molecule has 1 amide bonds. The largest absolute Gasteiger partial charge is 0.497 e. The normalized spacial score (nSPS) is 11.8. The first-order valence-electron chi connectivity index (χ1n) is 10.3. The van der Waals surface area contributed by atoms with Gasteiger partial charge in [-0.15, -0.1) is 0 Å². The molecule has 0 saturated heterocycles. The second-order valence-electron chi connectivity index (χ2n) is 7.57. The van der Waals surface area contributed by atoms with Gasteiger partial charge in [0.25, 0.3) is 5.91 Å². The van der Waals surface area contributed by atoms with Crippen molar-refractivity contribution in [3.63, 3.8) is 0 Å². The summed E-state index contributed by atoms with van der Waals surface area (Å²) in [5.74, 6) is -0.253. The van der Waals surface area contributed by atoms with E-state index >= 15 is 0 Å². The first-order chi connectivity index (χ1) is 16.5. The van der Waals surface area contributed by atoms with E-state index in [-0.39, 0.29) is 28.6 Å². The molecule has 3 heterocycles. The van der Waals surface area contributed by atoms with Gasteiger partial charge in [0.1, 0.15) is 10.8 Å². The number of hydrogen-bond acceptors (Lipinski definition) is 5. The molecular weight excluding hydrogens is 508 g/mol. The zero-order valence-electron chi connectivity index (χ0n) is 18.8. The summed E-state index contributed by atoms with van der Waals surface area (Å²) in [7, 11) is 2.91. The minimum Gasteiger partial charge on any atom is -0.497 e. The summed E-state index contributed by atoms with van der Waals surface area (Å²) >= 11 is 12.6. The van der Waals surface area contributed by atoms with Crippen molar-refractivity contribution in [2.75, 3.05) is 14.2 Å². The van der Waals surface area contributed by atoms with Crippen LogP contribution in [-0.2, 0) is 19.3 Å². The van der Waals surface area contributed by atoms with Crippen molar-refractivity contribution in [3.05, 3.63) is 63.7 Å². The Morgan fingerprint density at radius 3 is 2.63 bits per heavy atom. The van der Waals surface area contributed by atoms with Gasteiger partial charge in [0.2, 0.25) is 0 Å². The van der Waals surface area contributed by atoms with E-state index in [4.69, 9.17) is 27.9 Å². The number of hydrogen-bond donors (Lipinski definition) is 0. The number of rotatable bonds is 6. The van der Waals surface area contributed by atoms with Crippen LogP contribution < -0.4 is 4.74 Å². The molecule has 0 aliphatic heterocycles. The number of carbonyl (C=O) groups is 1. The van der Waals surface area contributed by atoms with Crippen LogP contribution in [0.4, 0.5) is 13.2 Å². The van der Waals surface area contributed by atoms with E-state index in [9.17, 15) is 18.0 Å². The lowest BCUT2D eigenvalue weighted by atomic mass is 10.1. The Hall–Kier alpha value is -3.31. The minimum atomic E-state index is -4.79. The molecule has 4 aromatic rings. The maximum absolute atomic E-state index is 14.0. The number of fused-ring (bicyclic) bond motifs is 1. The van der Waals surface area contributed by atoms with Gasteiger partial charge < -0.3 is 9.64 Å². The van der Waals surface area contributed by atoms with Gasteiger partial charge in [-0.25, -0.2) is 9.50 Å². The van der Waals surface area contributed by atoms with E-state index in [0.717, 1.165) is 6.07 Å². The SMILES string of the molecule is CCn1ncc(Cl)c1CN(C)C(=O)c1nn2c(C(F)(F)F)cc(-c3cccc(OC)c3)nc2c1Cl. The maximum atomic E-state index is 14.0. The van der Waals surface area contributed by atoms with E-state index in [0.29, 0.717) is 33.1 Å². The molecule has 0 radical (unpaired) electrons. The smallest absolute Gasteiger partial charge is 0.433 e. The summed E-state index contributed by atoms with van der Waals surface area (Å²) in [6, 6.07) is 7.27. The molecule has 0 bridgehead atoms. The van der Waals surface area contributed by atoms with Gasteiger partial charge in [0.15, 0.2) is 17.0 Å². The number of alkyl halides is 3. The highest BCUT2D eigenvalue weighted by atomic mass is 35.5. The van der Waals surface area contributed by atoms with Crippen molar-refractivity contribution in [1.29, 1.82) is 0 Å². The highest BCUT2D eigenvalue weighted by Gasteiger charge is 2.37. The molecule has 0 N–H and O–H groups in total. The van der Waals surface area contributed by atoms with Gasteiger partial charge >= 0.3 is 6.18 Å². The van der Waals surface area contributed by atoms with E-state index < -0.39 is 17.8 Å².